The van der Waals surface area contributed by atoms with E-state index in [1.807, 2.05) is 6.07 Å². The van der Waals surface area contributed by atoms with Crippen LogP contribution in [0.4, 0.5) is 0 Å². The summed E-state index contributed by atoms with van der Waals surface area (Å²) in [7, 11) is 3.22. The molecule has 0 saturated heterocycles. The number of unbranched alkanes of at least 4 members (excludes halogenated alkanes) is 1. The van der Waals surface area contributed by atoms with Crippen molar-refractivity contribution in [2.75, 3.05) is 20.7 Å². The standard InChI is InChI=1S/C21H31N3O3.HI/c1-22-20(23-14-8-5-11-19(25)26-2)24-17-15-21(12-6-7-13-21)27-18-10-4-3-9-16(17)18;/h3-4,9-10,17H,5-8,11-15H2,1-2H3,(H2,22,23,24);1H. The maximum absolute atomic E-state index is 11.2. The predicted octanol–water partition coefficient (Wildman–Crippen LogP) is 3.95. The van der Waals surface area contributed by atoms with Gasteiger partial charge in [0.15, 0.2) is 5.96 Å². The van der Waals surface area contributed by atoms with Crippen molar-refractivity contribution in [1.29, 1.82) is 0 Å². The van der Waals surface area contributed by atoms with Gasteiger partial charge in [0.1, 0.15) is 11.4 Å². The molecular formula is C21H32IN3O3. The number of carbonyl (C=O) groups excluding carboxylic acids is 1. The Kier molecular flexibility index (Phi) is 8.85. The molecule has 1 aliphatic heterocycles. The normalized spacial score (nSPS) is 19.9. The van der Waals surface area contributed by atoms with Crippen molar-refractivity contribution in [3.63, 3.8) is 0 Å². The van der Waals surface area contributed by atoms with Crippen molar-refractivity contribution < 1.29 is 14.3 Å². The highest BCUT2D eigenvalue weighted by Crippen LogP contribution is 2.46. The molecule has 1 heterocycles. The van der Waals surface area contributed by atoms with E-state index in [1.165, 1.54) is 25.5 Å². The quantitative estimate of drug-likeness (QED) is 0.203. The van der Waals surface area contributed by atoms with Crippen LogP contribution in [0.5, 0.6) is 5.75 Å². The lowest BCUT2D eigenvalue weighted by molar-refractivity contribution is -0.140. The maximum atomic E-state index is 11.2. The van der Waals surface area contributed by atoms with Gasteiger partial charge in [0.05, 0.1) is 13.2 Å². The maximum Gasteiger partial charge on any atom is 0.305 e. The summed E-state index contributed by atoms with van der Waals surface area (Å²) in [6.45, 7) is 0.771. The average Bonchev–Trinajstić information content (AvgIpc) is 3.13. The number of nitrogens with zero attached hydrogens (tertiary/aromatic N) is 1. The molecule has 1 unspecified atom stereocenters. The first-order valence-corrected chi connectivity index (χ1v) is 9.98. The first kappa shape index (κ1) is 22.8. The van der Waals surface area contributed by atoms with Crippen molar-refractivity contribution in [2.45, 2.75) is 63.0 Å². The Labute approximate surface area is 184 Å². The van der Waals surface area contributed by atoms with E-state index >= 15 is 0 Å². The molecule has 1 aliphatic carbocycles. The largest absolute Gasteiger partial charge is 0.487 e. The molecule has 6 nitrogen and oxygen atoms in total. The zero-order chi connectivity index (χ0) is 19.1. The minimum Gasteiger partial charge on any atom is -0.487 e. The zero-order valence-corrected chi connectivity index (χ0v) is 19.2. The van der Waals surface area contributed by atoms with Gasteiger partial charge in [-0.25, -0.2) is 0 Å². The first-order chi connectivity index (χ1) is 13.2. The smallest absolute Gasteiger partial charge is 0.305 e. The summed E-state index contributed by atoms with van der Waals surface area (Å²) in [5.74, 6) is 1.64. The van der Waals surface area contributed by atoms with Gasteiger partial charge in [-0.3, -0.25) is 9.79 Å². The summed E-state index contributed by atoms with van der Waals surface area (Å²) in [5.41, 5.74) is 1.16. The van der Waals surface area contributed by atoms with Crippen molar-refractivity contribution >= 4 is 35.9 Å². The number of halogens is 1. The monoisotopic (exact) mass is 501 g/mol. The van der Waals surface area contributed by atoms with Gasteiger partial charge in [0.25, 0.3) is 0 Å². The second-order valence-electron chi connectivity index (χ2n) is 7.46. The number of esters is 1. The molecule has 1 fully saturated rings. The molecule has 1 spiro atoms. The van der Waals surface area contributed by atoms with Gasteiger partial charge in [0.2, 0.25) is 0 Å². The van der Waals surface area contributed by atoms with E-state index in [9.17, 15) is 4.79 Å². The molecule has 28 heavy (non-hydrogen) atoms. The molecular weight excluding hydrogens is 469 g/mol. The lowest BCUT2D eigenvalue weighted by Gasteiger charge is -2.40. The fraction of sp³-hybridized carbons (Fsp3) is 0.619. The molecule has 7 heteroatoms. The fourth-order valence-corrected chi connectivity index (χ4v) is 4.14. The van der Waals surface area contributed by atoms with Gasteiger partial charge in [-0.15, -0.1) is 24.0 Å². The zero-order valence-electron chi connectivity index (χ0n) is 16.8. The van der Waals surface area contributed by atoms with Crippen LogP contribution in [0.3, 0.4) is 0 Å². The summed E-state index contributed by atoms with van der Waals surface area (Å²) in [6, 6.07) is 8.50. The third-order valence-electron chi connectivity index (χ3n) is 5.57. The van der Waals surface area contributed by atoms with Gasteiger partial charge < -0.3 is 20.1 Å². The number of nitrogens with one attached hydrogen (secondary N) is 2. The van der Waals surface area contributed by atoms with Crippen LogP contribution in [0.15, 0.2) is 29.3 Å². The number of benzene rings is 1. The third-order valence-corrected chi connectivity index (χ3v) is 5.57. The van der Waals surface area contributed by atoms with Gasteiger partial charge in [0, 0.05) is 32.0 Å². The summed E-state index contributed by atoms with van der Waals surface area (Å²) in [4.78, 5) is 15.6. The lowest BCUT2D eigenvalue weighted by Crippen LogP contribution is -2.46. The van der Waals surface area contributed by atoms with E-state index in [2.05, 4.69) is 38.6 Å². The molecule has 1 aromatic rings. The lowest BCUT2D eigenvalue weighted by atomic mass is 9.86. The van der Waals surface area contributed by atoms with Crippen LogP contribution in [0.1, 0.15) is 63.0 Å². The Hall–Kier alpha value is -1.51. The van der Waals surface area contributed by atoms with Crippen molar-refractivity contribution in [2.24, 2.45) is 4.99 Å². The number of hydrogen-bond acceptors (Lipinski definition) is 4. The summed E-state index contributed by atoms with van der Waals surface area (Å²) in [5, 5.41) is 6.96. The van der Waals surface area contributed by atoms with Crippen molar-refractivity contribution in [3.8, 4) is 5.75 Å². The topological polar surface area (TPSA) is 72.0 Å². The number of fused-ring (bicyclic) bond motifs is 1. The molecule has 1 saturated carbocycles. The van der Waals surface area contributed by atoms with E-state index in [0.29, 0.717) is 6.42 Å². The molecule has 1 atom stereocenters. The van der Waals surface area contributed by atoms with Crippen LogP contribution in [0, 0.1) is 0 Å². The summed E-state index contributed by atoms with van der Waals surface area (Å²) >= 11 is 0. The Balaban J connectivity index is 0.00000280. The minimum atomic E-state index is -0.154. The van der Waals surface area contributed by atoms with Crippen molar-refractivity contribution in [3.05, 3.63) is 29.8 Å². The van der Waals surface area contributed by atoms with Crippen LogP contribution in [-0.2, 0) is 9.53 Å². The number of rotatable bonds is 6. The minimum absolute atomic E-state index is 0. The highest BCUT2D eigenvalue weighted by molar-refractivity contribution is 14.0. The molecule has 156 valence electrons. The Morgan fingerprint density at radius 1 is 1.29 bits per heavy atom. The van der Waals surface area contributed by atoms with Gasteiger partial charge in [-0.1, -0.05) is 18.2 Å². The predicted molar refractivity (Wildman–Crippen MR) is 121 cm³/mol. The van der Waals surface area contributed by atoms with Gasteiger partial charge >= 0.3 is 5.97 Å². The first-order valence-electron chi connectivity index (χ1n) is 9.98. The summed E-state index contributed by atoms with van der Waals surface area (Å²) in [6.07, 6.45) is 7.85. The molecule has 0 radical (unpaired) electrons. The van der Waals surface area contributed by atoms with Crippen LogP contribution in [-0.4, -0.2) is 38.2 Å². The number of carbonyl (C=O) groups is 1. The van der Waals surface area contributed by atoms with E-state index in [0.717, 1.165) is 50.4 Å². The number of aliphatic imine (C=N–C) groups is 1. The number of para-hydroxylation sites is 1. The number of hydrogen-bond donors (Lipinski definition) is 2. The van der Waals surface area contributed by atoms with E-state index in [-0.39, 0.29) is 41.6 Å². The third kappa shape index (κ3) is 5.75. The van der Waals surface area contributed by atoms with Crippen LogP contribution in [0.25, 0.3) is 0 Å². The number of guanidine groups is 1. The molecule has 2 N–H and O–H groups in total. The van der Waals surface area contributed by atoms with E-state index < -0.39 is 0 Å². The van der Waals surface area contributed by atoms with Gasteiger partial charge in [-0.05, 0) is 44.6 Å². The molecule has 0 amide bonds. The molecule has 2 aliphatic rings. The highest BCUT2D eigenvalue weighted by Gasteiger charge is 2.43. The van der Waals surface area contributed by atoms with Gasteiger partial charge in [-0.2, -0.15) is 0 Å². The fourth-order valence-electron chi connectivity index (χ4n) is 4.14. The van der Waals surface area contributed by atoms with Crippen molar-refractivity contribution in [1.82, 2.24) is 10.6 Å². The molecule has 0 aromatic heterocycles. The SMILES string of the molecule is CN=C(NCCCCC(=O)OC)NC1CC2(CCCC2)Oc2ccccc21.I. The molecule has 1 aromatic carbocycles. The molecule has 3 rings (SSSR count). The molecule has 0 bridgehead atoms. The average molecular weight is 501 g/mol. The Morgan fingerprint density at radius 3 is 2.75 bits per heavy atom. The summed E-state index contributed by atoms with van der Waals surface area (Å²) < 4.78 is 11.1. The van der Waals surface area contributed by atoms with Crippen LogP contribution >= 0.6 is 24.0 Å². The van der Waals surface area contributed by atoms with Crippen LogP contribution in [0.2, 0.25) is 0 Å². The van der Waals surface area contributed by atoms with Crippen LogP contribution < -0.4 is 15.4 Å². The van der Waals surface area contributed by atoms with E-state index in [1.54, 1.807) is 7.05 Å². The Morgan fingerprint density at radius 2 is 2.04 bits per heavy atom. The number of ether oxygens (including phenoxy) is 2. The number of methoxy groups -OCH3 is 1. The second-order valence-corrected chi connectivity index (χ2v) is 7.46. The second kappa shape index (κ2) is 10.9. The highest BCUT2D eigenvalue weighted by atomic mass is 127. The Bertz CT molecular complexity index is 675. The van der Waals surface area contributed by atoms with E-state index in [4.69, 9.17) is 4.74 Å².